The summed E-state index contributed by atoms with van der Waals surface area (Å²) in [6.45, 7) is 5.08. The molecule has 0 aliphatic carbocycles. The van der Waals surface area contributed by atoms with E-state index >= 15 is 0 Å². The van der Waals surface area contributed by atoms with Crippen molar-refractivity contribution < 1.29 is 4.79 Å². The lowest BCUT2D eigenvalue weighted by atomic mass is 10.00. The molecule has 1 aliphatic rings. The molecular weight excluding hydrogens is 336 g/mol. The number of benzene rings is 1. The van der Waals surface area contributed by atoms with Crippen molar-refractivity contribution in [2.45, 2.75) is 45.6 Å². The van der Waals surface area contributed by atoms with E-state index in [1.807, 2.05) is 13.0 Å². The van der Waals surface area contributed by atoms with Crippen molar-refractivity contribution in [1.29, 1.82) is 0 Å². The Balaban J connectivity index is 1.79. The maximum Gasteiger partial charge on any atom is 0.274 e. The number of carbonyl (C=O) groups excluding carboxylic acids is 1. The topological polar surface area (TPSA) is 58.1 Å². The highest BCUT2D eigenvalue weighted by atomic mass is 35.5. The number of hydrogen-bond acceptors (Lipinski definition) is 4. The van der Waals surface area contributed by atoms with Crippen LogP contribution in [0.4, 0.5) is 11.5 Å². The Labute approximate surface area is 153 Å². The third-order valence-electron chi connectivity index (χ3n) is 4.71. The molecule has 1 atom stereocenters. The number of nitrogens with zero attached hydrogens (tertiary/aromatic N) is 3. The number of aryl methyl sites for hydroxylation is 1. The van der Waals surface area contributed by atoms with Crippen LogP contribution in [0.2, 0.25) is 5.02 Å². The number of piperidine rings is 1. The number of amides is 1. The maximum absolute atomic E-state index is 12.6. The fourth-order valence-corrected chi connectivity index (χ4v) is 3.54. The Hall–Kier alpha value is -2.14. The third-order valence-corrected chi connectivity index (χ3v) is 4.95. The van der Waals surface area contributed by atoms with Crippen LogP contribution >= 0.6 is 11.6 Å². The monoisotopic (exact) mass is 358 g/mol. The SMILES string of the molecule is CCC1CCCCN1c1cc(C(=O)Nc2ccc(Cl)cc2C)ncn1. The Bertz CT molecular complexity index is 765. The van der Waals surface area contributed by atoms with Gasteiger partial charge in [-0.1, -0.05) is 18.5 Å². The van der Waals surface area contributed by atoms with Crippen molar-refractivity contribution in [2.75, 3.05) is 16.8 Å². The third kappa shape index (κ3) is 4.10. The lowest BCUT2D eigenvalue weighted by Crippen LogP contribution is -2.39. The van der Waals surface area contributed by atoms with Crippen LogP contribution in [-0.4, -0.2) is 28.5 Å². The minimum absolute atomic E-state index is 0.237. The second-order valence-electron chi connectivity index (χ2n) is 6.43. The van der Waals surface area contributed by atoms with Crippen LogP contribution in [0.25, 0.3) is 0 Å². The molecule has 0 radical (unpaired) electrons. The van der Waals surface area contributed by atoms with Crippen LogP contribution in [-0.2, 0) is 0 Å². The van der Waals surface area contributed by atoms with Crippen LogP contribution in [0.5, 0.6) is 0 Å². The summed E-state index contributed by atoms with van der Waals surface area (Å²) in [5.74, 6) is 0.596. The molecule has 0 bridgehead atoms. The van der Waals surface area contributed by atoms with E-state index in [1.165, 1.54) is 19.2 Å². The van der Waals surface area contributed by atoms with Crippen LogP contribution in [0.15, 0.2) is 30.6 Å². The fourth-order valence-electron chi connectivity index (χ4n) is 3.31. The zero-order chi connectivity index (χ0) is 17.8. The quantitative estimate of drug-likeness (QED) is 0.876. The highest BCUT2D eigenvalue weighted by Crippen LogP contribution is 2.25. The lowest BCUT2D eigenvalue weighted by molar-refractivity contribution is 0.102. The van der Waals surface area contributed by atoms with Gasteiger partial charge in [0.05, 0.1) is 0 Å². The molecule has 1 N–H and O–H groups in total. The molecule has 0 spiro atoms. The van der Waals surface area contributed by atoms with Crippen molar-refractivity contribution in [3.8, 4) is 0 Å². The summed E-state index contributed by atoms with van der Waals surface area (Å²) in [6, 6.07) is 7.65. The van der Waals surface area contributed by atoms with E-state index in [-0.39, 0.29) is 5.91 Å². The number of rotatable bonds is 4. The van der Waals surface area contributed by atoms with Gasteiger partial charge in [0, 0.05) is 29.4 Å². The molecule has 1 aromatic heterocycles. The molecule has 132 valence electrons. The van der Waals surface area contributed by atoms with Gasteiger partial charge in [-0.15, -0.1) is 0 Å². The number of anilines is 2. The summed E-state index contributed by atoms with van der Waals surface area (Å²) >= 11 is 5.97. The fraction of sp³-hybridized carbons (Fsp3) is 0.421. The highest BCUT2D eigenvalue weighted by molar-refractivity contribution is 6.30. The lowest BCUT2D eigenvalue weighted by Gasteiger charge is -2.36. The molecule has 2 heterocycles. The molecular formula is C19H23ClN4O. The van der Waals surface area contributed by atoms with Gasteiger partial charge in [0.25, 0.3) is 5.91 Å². The van der Waals surface area contributed by atoms with Crippen LogP contribution in [0.3, 0.4) is 0 Å². The summed E-state index contributed by atoms with van der Waals surface area (Å²) in [5.41, 5.74) is 2.02. The van der Waals surface area contributed by atoms with Crippen LogP contribution in [0, 0.1) is 6.92 Å². The molecule has 1 saturated heterocycles. The van der Waals surface area contributed by atoms with Crippen molar-refractivity contribution in [3.63, 3.8) is 0 Å². The Morgan fingerprint density at radius 1 is 1.32 bits per heavy atom. The molecule has 25 heavy (non-hydrogen) atoms. The number of nitrogens with one attached hydrogen (secondary N) is 1. The number of halogens is 1. The van der Waals surface area contributed by atoms with Gasteiger partial charge >= 0.3 is 0 Å². The molecule has 5 nitrogen and oxygen atoms in total. The Morgan fingerprint density at radius 3 is 2.92 bits per heavy atom. The molecule has 3 rings (SSSR count). The van der Waals surface area contributed by atoms with E-state index in [4.69, 9.17) is 11.6 Å². The molecule has 1 amide bonds. The van der Waals surface area contributed by atoms with Gasteiger partial charge in [0.1, 0.15) is 17.8 Å². The van der Waals surface area contributed by atoms with E-state index in [0.29, 0.717) is 16.8 Å². The predicted octanol–water partition coefficient (Wildman–Crippen LogP) is 4.46. The first-order valence-electron chi connectivity index (χ1n) is 8.74. The summed E-state index contributed by atoms with van der Waals surface area (Å²) in [5, 5.41) is 3.55. The van der Waals surface area contributed by atoms with E-state index in [2.05, 4.69) is 27.1 Å². The minimum atomic E-state index is -0.237. The number of carbonyl (C=O) groups is 1. The van der Waals surface area contributed by atoms with Gasteiger partial charge in [-0.05, 0) is 56.4 Å². The van der Waals surface area contributed by atoms with Crippen molar-refractivity contribution in [2.24, 2.45) is 0 Å². The maximum atomic E-state index is 12.6. The summed E-state index contributed by atoms with van der Waals surface area (Å²) in [6.07, 6.45) is 6.14. The molecule has 2 aromatic rings. The van der Waals surface area contributed by atoms with E-state index < -0.39 is 0 Å². The second-order valence-corrected chi connectivity index (χ2v) is 6.86. The van der Waals surface area contributed by atoms with Gasteiger partial charge in [0.2, 0.25) is 0 Å². The van der Waals surface area contributed by atoms with Crippen LogP contribution < -0.4 is 10.2 Å². The number of hydrogen-bond donors (Lipinski definition) is 1. The average Bonchev–Trinajstić information content (AvgIpc) is 2.64. The Kier molecular flexibility index (Phi) is 5.53. The van der Waals surface area contributed by atoms with Gasteiger partial charge in [-0.2, -0.15) is 0 Å². The Morgan fingerprint density at radius 2 is 2.16 bits per heavy atom. The van der Waals surface area contributed by atoms with Gasteiger partial charge < -0.3 is 10.2 Å². The second kappa shape index (κ2) is 7.83. The van der Waals surface area contributed by atoms with E-state index in [9.17, 15) is 4.79 Å². The molecule has 1 aliphatic heterocycles. The molecule has 1 fully saturated rings. The first-order valence-corrected chi connectivity index (χ1v) is 9.12. The zero-order valence-electron chi connectivity index (χ0n) is 14.6. The smallest absolute Gasteiger partial charge is 0.274 e. The van der Waals surface area contributed by atoms with Crippen LogP contribution in [0.1, 0.15) is 48.7 Å². The highest BCUT2D eigenvalue weighted by Gasteiger charge is 2.23. The molecule has 0 saturated carbocycles. The normalized spacial score (nSPS) is 17.4. The molecule has 1 aromatic carbocycles. The van der Waals surface area contributed by atoms with Gasteiger partial charge in [-0.25, -0.2) is 9.97 Å². The largest absolute Gasteiger partial charge is 0.354 e. The minimum Gasteiger partial charge on any atom is -0.354 e. The summed E-state index contributed by atoms with van der Waals surface area (Å²) in [4.78, 5) is 23.4. The first-order chi connectivity index (χ1) is 12.1. The van der Waals surface area contributed by atoms with Crippen molar-refractivity contribution >= 4 is 29.0 Å². The average molecular weight is 359 g/mol. The molecule has 1 unspecified atom stereocenters. The first kappa shape index (κ1) is 17.7. The van der Waals surface area contributed by atoms with Gasteiger partial charge in [-0.3, -0.25) is 4.79 Å². The predicted molar refractivity (Wildman–Crippen MR) is 101 cm³/mol. The van der Waals surface area contributed by atoms with E-state index in [0.717, 1.165) is 36.5 Å². The summed E-state index contributed by atoms with van der Waals surface area (Å²) < 4.78 is 0. The summed E-state index contributed by atoms with van der Waals surface area (Å²) in [7, 11) is 0. The van der Waals surface area contributed by atoms with Crippen molar-refractivity contribution in [3.05, 3.63) is 46.9 Å². The number of aromatic nitrogens is 2. The standard InChI is InChI=1S/C19H23ClN4O/c1-3-15-6-4-5-9-24(15)18-11-17(21-12-22-18)19(25)23-16-8-7-14(20)10-13(16)2/h7-8,10-12,15H,3-6,9H2,1-2H3,(H,23,25). The van der Waals surface area contributed by atoms with E-state index in [1.54, 1.807) is 18.2 Å². The van der Waals surface area contributed by atoms with Gasteiger partial charge in [0.15, 0.2) is 0 Å². The zero-order valence-corrected chi connectivity index (χ0v) is 15.4. The van der Waals surface area contributed by atoms with Crippen molar-refractivity contribution in [1.82, 2.24) is 9.97 Å². The molecule has 6 heteroatoms.